The van der Waals surface area contributed by atoms with Crippen molar-refractivity contribution in [1.82, 2.24) is 0 Å². The summed E-state index contributed by atoms with van der Waals surface area (Å²) in [6.45, 7) is 4.52. The maximum Gasteiger partial charge on any atom is 0.207 e. The third-order valence-electron chi connectivity index (χ3n) is 3.01. The molecule has 3 nitrogen and oxygen atoms in total. The number of carbonyl (C=O) groups excluding carboxylic acids is 1. The summed E-state index contributed by atoms with van der Waals surface area (Å²) in [5.41, 5.74) is 1.06. The van der Waals surface area contributed by atoms with Crippen LogP contribution >= 0.6 is 0 Å². The summed E-state index contributed by atoms with van der Waals surface area (Å²) in [7, 11) is 0. The quantitative estimate of drug-likeness (QED) is 0.822. The molecule has 0 spiro atoms. The van der Waals surface area contributed by atoms with Gasteiger partial charge in [0.15, 0.2) is 24.7 Å². The molecule has 3 heteroatoms. The molecule has 0 saturated carbocycles. The normalized spacial score (nSPS) is 16.7. The highest BCUT2D eigenvalue weighted by Gasteiger charge is 2.14. The van der Waals surface area contributed by atoms with Gasteiger partial charge in [-0.3, -0.25) is 4.79 Å². The van der Waals surface area contributed by atoms with Gasteiger partial charge in [0.1, 0.15) is 0 Å². The van der Waals surface area contributed by atoms with E-state index in [9.17, 15) is 4.79 Å². The number of benzene rings is 1. The van der Waals surface area contributed by atoms with Crippen LogP contribution in [0.2, 0.25) is 0 Å². The second kappa shape index (κ2) is 5.71. The predicted molar refractivity (Wildman–Crippen MR) is 70.9 cm³/mol. The van der Waals surface area contributed by atoms with E-state index in [1.807, 2.05) is 18.2 Å². The Bertz CT molecular complexity index is 463. The van der Waals surface area contributed by atoms with Crippen molar-refractivity contribution in [3.8, 4) is 11.5 Å². The molecule has 1 aromatic carbocycles. The molecule has 0 amide bonds. The van der Waals surface area contributed by atoms with Gasteiger partial charge < -0.3 is 9.47 Å². The first kappa shape index (κ1) is 12.7. The Hall–Kier alpha value is -1.77. The first-order chi connectivity index (χ1) is 8.69. The Morgan fingerprint density at radius 3 is 2.72 bits per heavy atom. The lowest BCUT2D eigenvalue weighted by molar-refractivity contribution is -0.122. The molecule has 96 valence electrons. The van der Waals surface area contributed by atoms with Gasteiger partial charge in [-0.2, -0.15) is 0 Å². The zero-order valence-electron chi connectivity index (χ0n) is 10.8. The topological polar surface area (TPSA) is 35.5 Å². The zero-order chi connectivity index (χ0) is 13.0. The fourth-order valence-corrected chi connectivity index (χ4v) is 1.63. The van der Waals surface area contributed by atoms with Crippen LogP contribution in [0.25, 0.3) is 6.08 Å². The van der Waals surface area contributed by atoms with E-state index in [1.54, 1.807) is 0 Å². The molecule has 18 heavy (non-hydrogen) atoms. The Kier molecular flexibility index (Phi) is 4.03. The lowest BCUT2D eigenvalue weighted by Gasteiger charge is -2.07. The minimum Gasteiger partial charge on any atom is -0.482 e. The SMILES string of the molecule is CCC(C)/C=C/c1ccc2c(c1)OCC(=O)CO2. The molecule has 1 heterocycles. The molecule has 0 aromatic heterocycles. The lowest BCUT2D eigenvalue weighted by atomic mass is 10.1. The first-order valence-electron chi connectivity index (χ1n) is 6.28. The molecule has 0 radical (unpaired) electrons. The molecule has 1 unspecified atom stereocenters. The summed E-state index contributed by atoms with van der Waals surface area (Å²) in [5.74, 6) is 1.80. The highest BCUT2D eigenvalue weighted by molar-refractivity contribution is 5.82. The van der Waals surface area contributed by atoms with Crippen LogP contribution in [0.1, 0.15) is 25.8 Å². The van der Waals surface area contributed by atoms with Gasteiger partial charge in [0.05, 0.1) is 0 Å². The fraction of sp³-hybridized carbons (Fsp3) is 0.400. The number of rotatable bonds is 3. The number of hydrogen-bond acceptors (Lipinski definition) is 3. The number of carbonyl (C=O) groups is 1. The van der Waals surface area contributed by atoms with Gasteiger partial charge in [-0.15, -0.1) is 0 Å². The second-order valence-corrected chi connectivity index (χ2v) is 4.57. The van der Waals surface area contributed by atoms with Crippen LogP contribution in [-0.2, 0) is 4.79 Å². The number of hydrogen-bond donors (Lipinski definition) is 0. The van der Waals surface area contributed by atoms with Crippen molar-refractivity contribution in [1.29, 1.82) is 0 Å². The van der Waals surface area contributed by atoms with Crippen molar-refractivity contribution in [2.24, 2.45) is 5.92 Å². The molecule has 1 aliphatic rings. The van der Waals surface area contributed by atoms with Crippen molar-refractivity contribution < 1.29 is 14.3 Å². The molecule has 2 rings (SSSR count). The van der Waals surface area contributed by atoms with Gasteiger partial charge >= 0.3 is 0 Å². The van der Waals surface area contributed by atoms with Crippen molar-refractivity contribution >= 4 is 11.9 Å². The molecule has 0 N–H and O–H groups in total. The number of fused-ring (bicyclic) bond motifs is 1. The van der Waals surface area contributed by atoms with Crippen LogP contribution in [0.3, 0.4) is 0 Å². The average Bonchev–Trinajstić information content (AvgIpc) is 2.58. The molecule has 0 aliphatic carbocycles. The molecule has 1 atom stereocenters. The maximum absolute atomic E-state index is 11.2. The number of ether oxygens (including phenoxy) is 2. The van der Waals surface area contributed by atoms with Gasteiger partial charge in [0.2, 0.25) is 5.78 Å². The standard InChI is InChI=1S/C15H18O3/c1-3-11(2)4-5-12-6-7-14-15(8-12)18-10-13(16)9-17-14/h4-8,11H,3,9-10H2,1-2H3/b5-4+. The highest BCUT2D eigenvalue weighted by atomic mass is 16.5. The Balaban J connectivity index is 2.17. The van der Waals surface area contributed by atoms with Gasteiger partial charge in [0.25, 0.3) is 0 Å². The fourth-order valence-electron chi connectivity index (χ4n) is 1.63. The third-order valence-corrected chi connectivity index (χ3v) is 3.01. The van der Waals surface area contributed by atoms with Crippen molar-refractivity contribution in [3.63, 3.8) is 0 Å². The van der Waals surface area contributed by atoms with E-state index in [-0.39, 0.29) is 19.0 Å². The molecule has 0 fully saturated rings. The molecule has 0 saturated heterocycles. The molecular formula is C15H18O3. The smallest absolute Gasteiger partial charge is 0.207 e. The van der Waals surface area contributed by atoms with E-state index in [4.69, 9.17) is 9.47 Å². The number of allylic oxidation sites excluding steroid dienone is 1. The van der Waals surface area contributed by atoms with E-state index in [2.05, 4.69) is 26.0 Å². The van der Waals surface area contributed by atoms with Gasteiger partial charge in [0, 0.05) is 0 Å². The predicted octanol–water partition coefficient (Wildman–Crippen LogP) is 3.09. The van der Waals surface area contributed by atoms with Crippen molar-refractivity contribution in [2.45, 2.75) is 20.3 Å². The van der Waals surface area contributed by atoms with E-state index < -0.39 is 0 Å². The van der Waals surface area contributed by atoms with Crippen LogP contribution in [0.15, 0.2) is 24.3 Å². The Morgan fingerprint density at radius 2 is 2.00 bits per heavy atom. The van der Waals surface area contributed by atoms with Crippen LogP contribution < -0.4 is 9.47 Å². The van der Waals surface area contributed by atoms with E-state index in [1.165, 1.54) is 0 Å². The second-order valence-electron chi connectivity index (χ2n) is 4.57. The van der Waals surface area contributed by atoms with Gasteiger partial charge in [-0.1, -0.05) is 38.5 Å². The molecule has 0 bridgehead atoms. The molecule has 1 aromatic rings. The monoisotopic (exact) mass is 246 g/mol. The Labute approximate surface area is 107 Å². The molecule has 1 aliphatic heterocycles. The average molecular weight is 246 g/mol. The highest BCUT2D eigenvalue weighted by Crippen LogP contribution is 2.30. The van der Waals surface area contributed by atoms with E-state index in [0.29, 0.717) is 17.4 Å². The summed E-state index contributed by atoms with van der Waals surface area (Å²) in [5, 5.41) is 0. The summed E-state index contributed by atoms with van der Waals surface area (Å²) in [4.78, 5) is 11.2. The lowest BCUT2D eigenvalue weighted by Crippen LogP contribution is -2.15. The largest absolute Gasteiger partial charge is 0.482 e. The molecular weight excluding hydrogens is 228 g/mol. The minimum absolute atomic E-state index is 0.0390. The Morgan fingerprint density at radius 1 is 1.28 bits per heavy atom. The first-order valence-corrected chi connectivity index (χ1v) is 6.28. The van der Waals surface area contributed by atoms with Crippen LogP contribution in [0.5, 0.6) is 11.5 Å². The van der Waals surface area contributed by atoms with Crippen molar-refractivity contribution in [3.05, 3.63) is 29.8 Å². The van der Waals surface area contributed by atoms with Gasteiger partial charge in [-0.25, -0.2) is 0 Å². The summed E-state index contributed by atoms with van der Waals surface area (Å²) < 4.78 is 10.8. The van der Waals surface area contributed by atoms with Gasteiger partial charge in [-0.05, 0) is 23.6 Å². The number of Topliss-reactive ketones (excluding diaryl/α,β-unsaturated/α-hetero) is 1. The van der Waals surface area contributed by atoms with Crippen molar-refractivity contribution in [2.75, 3.05) is 13.2 Å². The zero-order valence-corrected chi connectivity index (χ0v) is 10.8. The van der Waals surface area contributed by atoms with E-state index >= 15 is 0 Å². The van der Waals surface area contributed by atoms with Crippen LogP contribution in [-0.4, -0.2) is 19.0 Å². The third kappa shape index (κ3) is 3.13. The number of ketones is 1. The summed E-state index contributed by atoms with van der Waals surface area (Å²) in [6.07, 6.45) is 5.37. The van der Waals surface area contributed by atoms with Crippen LogP contribution in [0, 0.1) is 5.92 Å². The summed E-state index contributed by atoms with van der Waals surface area (Å²) >= 11 is 0. The summed E-state index contributed by atoms with van der Waals surface area (Å²) in [6, 6.07) is 5.73. The maximum atomic E-state index is 11.2. The van der Waals surface area contributed by atoms with E-state index in [0.717, 1.165) is 12.0 Å². The minimum atomic E-state index is -0.0390. The van der Waals surface area contributed by atoms with Crippen LogP contribution in [0.4, 0.5) is 0 Å².